The first-order valence-corrected chi connectivity index (χ1v) is 8.38. The van der Waals surface area contributed by atoms with Gasteiger partial charge in [-0.1, -0.05) is 62.3 Å². The normalized spacial score (nSPS) is 18.8. The van der Waals surface area contributed by atoms with Gasteiger partial charge in [-0.3, -0.25) is 0 Å². The standard InChI is InChI=1S/C19H41N/c1-12-19(10,20-11)14-18(8,9)15(2)17(6,7)13-16(3,4)5/h15,20H,12-14H2,1-11H3. The van der Waals surface area contributed by atoms with Crippen molar-refractivity contribution in [3.8, 4) is 0 Å². The van der Waals surface area contributed by atoms with Gasteiger partial charge in [0.05, 0.1) is 0 Å². The molecule has 0 aromatic rings. The summed E-state index contributed by atoms with van der Waals surface area (Å²) in [4.78, 5) is 0. The Hall–Kier alpha value is -0.0400. The summed E-state index contributed by atoms with van der Waals surface area (Å²) in [6.45, 7) is 24.0. The van der Waals surface area contributed by atoms with Gasteiger partial charge in [0.2, 0.25) is 0 Å². The molecule has 0 radical (unpaired) electrons. The minimum absolute atomic E-state index is 0.246. The van der Waals surface area contributed by atoms with E-state index in [1.165, 1.54) is 19.3 Å². The Bertz CT molecular complexity index is 289. The van der Waals surface area contributed by atoms with Crippen LogP contribution in [0.5, 0.6) is 0 Å². The van der Waals surface area contributed by atoms with Crippen LogP contribution in [0.1, 0.15) is 88.5 Å². The van der Waals surface area contributed by atoms with Crippen molar-refractivity contribution in [1.29, 1.82) is 0 Å². The van der Waals surface area contributed by atoms with E-state index in [2.05, 4.69) is 81.6 Å². The lowest BCUT2D eigenvalue weighted by Crippen LogP contribution is -2.47. The van der Waals surface area contributed by atoms with E-state index in [4.69, 9.17) is 0 Å². The van der Waals surface area contributed by atoms with Crippen LogP contribution in [0.15, 0.2) is 0 Å². The van der Waals surface area contributed by atoms with Crippen LogP contribution >= 0.6 is 0 Å². The van der Waals surface area contributed by atoms with Crippen LogP contribution in [-0.4, -0.2) is 12.6 Å². The summed E-state index contributed by atoms with van der Waals surface area (Å²) in [5.74, 6) is 0.688. The first kappa shape index (κ1) is 20.0. The molecule has 2 atom stereocenters. The molecular formula is C19H41N. The Balaban J connectivity index is 5.10. The lowest BCUT2D eigenvalue weighted by Gasteiger charge is -2.48. The highest BCUT2D eigenvalue weighted by atomic mass is 14.9. The summed E-state index contributed by atoms with van der Waals surface area (Å²) >= 11 is 0. The Kier molecular flexibility index (Phi) is 6.37. The average molecular weight is 284 g/mol. The van der Waals surface area contributed by atoms with E-state index in [1.54, 1.807) is 0 Å². The molecule has 0 saturated heterocycles. The van der Waals surface area contributed by atoms with Gasteiger partial charge in [-0.2, -0.15) is 0 Å². The fraction of sp³-hybridized carbons (Fsp3) is 1.00. The van der Waals surface area contributed by atoms with Crippen molar-refractivity contribution in [1.82, 2.24) is 5.32 Å². The molecule has 0 fully saturated rings. The Labute approximate surface area is 129 Å². The molecule has 0 saturated carbocycles. The lowest BCUT2D eigenvalue weighted by atomic mass is 9.58. The maximum absolute atomic E-state index is 3.54. The molecule has 0 aliphatic rings. The third kappa shape index (κ3) is 5.76. The van der Waals surface area contributed by atoms with Crippen molar-refractivity contribution in [3.05, 3.63) is 0 Å². The van der Waals surface area contributed by atoms with Gasteiger partial charge < -0.3 is 5.32 Å². The largest absolute Gasteiger partial charge is 0.315 e. The van der Waals surface area contributed by atoms with E-state index in [1.807, 2.05) is 0 Å². The zero-order valence-corrected chi connectivity index (χ0v) is 16.2. The van der Waals surface area contributed by atoms with Gasteiger partial charge >= 0.3 is 0 Å². The van der Waals surface area contributed by atoms with E-state index in [9.17, 15) is 0 Å². The third-order valence-electron chi connectivity index (χ3n) is 5.56. The molecule has 20 heavy (non-hydrogen) atoms. The SMILES string of the molecule is CCC(C)(CC(C)(C)C(C)C(C)(C)CC(C)(C)C)NC. The third-order valence-corrected chi connectivity index (χ3v) is 5.56. The van der Waals surface area contributed by atoms with Crippen molar-refractivity contribution in [2.45, 2.75) is 94.0 Å². The van der Waals surface area contributed by atoms with Crippen LogP contribution in [0.3, 0.4) is 0 Å². The summed E-state index contributed by atoms with van der Waals surface area (Å²) in [7, 11) is 2.10. The molecule has 0 rings (SSSR count). The lowest BCUT2D eigenvalue weighted by molar-refractivity contribution is 0.0275. The van der Waals surface area contributed by atoms with Gasteiger partial charge in [-0.15, -0.1) is 0 Å². The van der Waals surface area contributed by atoms with Gasteiger partial charge in [0, 0.05) is 5.54 Å². The van der Waals surface area contributed by atoms with E-state index in [0.29, 0.717) is 22.2 Å². The van der Waals surface area contributed by atoms with E-state index in [-0.39, 0.29) is 5.54 Å². The Morgan fingerprint density at radius 3 is 1.50 bits per heavy atom. The molecular weight excluding hydrogens is 242 g/mol. The average Bonchev–Trinajstić information content (AvgIpc) is 2.24. The summed E-state index contributed by atoms with van der Waals surface area (Å²) < 4.78 is 0. The molecule has 0 amide bonds. The van der Waals surface area contributed by atoms with Crippen LogP contribution < -0.4 is 5.32 Å². The molecule has 0 aromatic carbocycles. The van der Waals surface area contributed by atoms with Crippen LogP contribution in [0.4, 0.5) is 0 Å². The topological polar surface area (TPSA) is 12.0 Å². The minimum Gasteiger partial charge on any atom is -0.315 e. The van der Waals surface area contributed by atoms with Gasteiger partial charge in [0.25, 0.3) is 0 Å². The zero-order chi connectivity index (χ0) is 16.4. The molecule has 0 heterocycles. The molecule has 122 valence electrons. The minimum atomic E-state index is 0.246. The Morgan fingerprint density at radius 1 is 0.800 bits per heavy atom. The van der Waals surface area contributed by atoms with Crippen LogP contribution in [-0.2, 0) is 0 Å². The maximum atomic E-state index is 3.54. The summed E-state index contributed by atoms with van der Waals surface area (Å²) in [5, 5.41) is 3.54. The van der Waals surface area contributed by atoms with Gasteiger partial charge in [0.15, 0.2) is 0 Å². The van der Waals surface area contributed by atoms with Crippen LogP contribution in [0.25, 0.3) is 0 Å². The summed E-state index contributed by atoms with van der Waals surface area (Å²) in [5.41, 5.74) is 1.34. The second-order valence-corrected chi connectivity index (χ2v) is 9.78. The molecule has 0 spiro atoms. The number of rotatable bonds is 7. The van der Waals surface area contributed by atoms with Crippen molar-refractivity contribution >= 4 is 0 Å². The van der Waals surface area contributed by atoms with Gasteiger partial charge in [0.1, 0.15) is 0 Å². The predicted molar refractivity (Wildman–Crippen MR) is 93.2 cm³/mol. The van der Waals surface area contributed by atoms with Crippen molar-refractivity contribution in [3.63, 3.8) is 0 Å². The van der Waals surface area contributed by atoms with Gasteiger partial charge in [-0.25, -0.2) is 0 Å². The zero-order valence-electron chi connectivity index (χ0n) is 16.2. The molecule has 1 nitrogen and oxygen atoms in total. The first-order valence-electron chi connectivity index (χ1n) is 8.38. The number of nitrogens with one attached hydrogen (secondary N) is 1. The predicted octanol–water partition coefficient (Wildman–Crippen LogP) is 5.89. The molecule has 0 bridgehead atoms. The van der Waals surface area contributed by atoms with E-state index >= 15 is 0 Å². The van der Waals surface area contributed by atoms with Crippen molar-refractivity contribution in [2.24, 2.45) is 22.2 Å². The molecule has 0 aliphatic heterocycles. The fourth-order valence-electron chi connectivity index (χ4n) is 4.13. The molecule has 1 heteroatoms. The molecule has 0 aromatic heterocycles. The van der Waals surface area contributed by atoms with Crippen molar-refractivity contribution in [2.75, 3.05) is 7.05 Å². The highest BCUT2D eigenvalue weighted by Crippen LogP contribution is 2.49. The van der Waals surface area contributed by atoms with Gasteiger partial charge in [-0.05, 0) is 55.4 Å². The summed E-state index contributed by atoms with van der Waals surface area (Å²) in [6.07, 6.45) is 3.67. The van der Waals surface area contributed by atoms with Crippen LogP contribution in [0, 0.1) is 22.2 Å². The number of hydrogen-bond acceptors (Lipinski definition) is 1. The second kappa shape index (κ2) is 6.38. The fourth-order valence-corrected chi connectivity index (χ4v) is 4.13. The quantitative estimate of drug-likeness (QED) is 0.614. The highest BCUT2D eigenvalue weighted by molar-refractivity contribution is 4.94. The maximum Gasteiger partial charge on any atom is 0.0152 e. The van der Waals surface area contributed by atoms with E-state index in [0.717, 1.165) is 0 Å². The number of hydrogen-bond donors (Lipinski definition) is 1. The highest BCUT2D eigenvalue weighted by Gasteiger charge is 2.42. The summed E-state index contributed by atoms with van der Waals surface area (Å²) in [6, 6.07) is 0. The van der Waals surface area contributed by atoms with E-state index < -0.39 is 0 Å². The monoisotopic (exact) mass is 283 g/mol. The molecule has 0 aliphatic carbocycles. The molecule has 2 unspecified atom stereocenters. The second-order valence-electron chi connectivity index (χ2n) is 9.78. The Morgan fingerprint density at radius 2 is 1.20 bits per heavy atom. The van der Waals surface area contributed by atoms with Crippen molar-refractivity contribution < 1.29 is 0 Å². The molecule has 1 N–H and O–H groups in total. The smallest absolute Gasteiger partial charge is 0.0152 e. The van der Waals surface area contributed by atoms with Crippen LogP contribution in [0.2, 0.25) is 0 Å². The first-order chi connectivity index (χ1) is 8.69.